The Morgan fingerprint density at radius 2 is 2.05 bits per heavy atom. The quantitative estimate of drug-likeness (QED) is 0.711. The number of nitrogens with zero attached hydrogens (tertiary/aromatic N) is 3. The van der Waals surface area contributed by atoms with Crippen molar-refractivity contribution in [3.8, 4) is 0 Å². The van der Waals surface area contributed by atoms with Crippen LogP contribution in [-0.2, 0) is 0 Å². The number of likely N-dealkylation sites (tertiary alicyclic amines) is 1. The van der Waals surface area contributed by atoms with Crippen molar-refractivity contribution < 1.29 is 4.79 Å². The summed E-state index contributed by atoms with van der Waals surface area (Å²) in [6, 6.07) is 0. The van der Waals surface area contributed by atoms with Gasteiger partial charge in [0.25, 0.3) is 5.91 Å². The van der Waals surface area contributed by atoms with Crippen LogP contribution in [0.2, 0.25) is 0 Å². The lowest BCUT2D eigenvalue weighted by atomic mass is 10.3. The lowest BCUT2D eigenvalue weighted by Crippen LogP contribution is -2.29. The Balaban J connectivity index is 1.67. The molecule has 21 heavy (non-hydrogen) atoms. The molecule has 116 valence electrons. The van der Waals surface area contributed by atoms with Gasteiger partial charge in [-0.1, -0.05) is 6.92 Å². The Kier molecular flexibility index (Phi) is 6.40. The smallest absolute Gasteiger partial charge is 0.271 e. The maximum absolute atomic E-state index is 11.9. The van der Waals surface area contributed by atoms with Crippen LogP contribution in [0, 0.1) is 0 Å². The highest BCUT2D eigenvalue weighted by Gasteiger charge is 2.11. The minimum atomic E-state index is -0.147. The van der Waals surface area contributed by atoms with Crippen LogP contribution < -0.4 is 10.6 Å². The van der Waals surface area contributed by atoms with Gasteiger partial charge in [-0.25, -0.2) is 9.97 Å². The van der Waals surface area contributed by atoms with Crippen molar-refractivity contribution in [3.63, 3.8) is 0 Å². The number of rotatable bonds is 8. The van der Waals surface area contributed by atoms with E-state index in [1.54, 1.807) is 6.20 Å². The molecule has 1 aromatic heterocycles. The standard InChI is InChI=1S/C15H25N5O/c1-2-6-16-14-12-18-13(11-19-14)15(21)17-7-5-10-20-8-3-4-9-20/h11-12H,2-10H2,1H3,(H,16,19)(H,17,21). The van der Waals surface area contributed by atoms with Gasteiger partial charge in [0.2, 0.25) is 0 Å². The van der Waals surface area contributed by atoms with Gasteiger partial charge in [0.1, 0.15) is 11.5 Å². The van der Waals surface area contributed by atoms with Crippen LogP contribution >= 0.6 is 0 Å². The van der Waals surface area contributed by atoms with Crippen molar-refractivity contribution in [3.05, 3.63) is 18.1 Å². The van der Waals surface area contributed by atoms with Gasteiger partial charge >= 0.3 is 0 Å². The third kappa shape index (κ3) is 5.30. The van der Waals surface area contributed by atoms with Gasteiger partial charge in [-0.05, 0) is 45.3 Å². The summed E-state index contributed by atoms with van der Waals surface area (Å²) in [6.45, 7) is 7.09. The third-order valence-electron chi connectivity index (χ3n) is 3.58. The number of amides is 1. The van der Waals surface area contributed by atoms with Crippen LogP contribution in [0.4, 0.5) is 5.82 Å². The van der Waals surface area contributed by atoms with E-state index < -0.39 is 0 Å². The third-order valence-corrected chi connectivity index (χ3v) is 3.58. The molecule has 2 N–H and O–H groups in total. The molecule has 0 spiro atoms. The molecule has 0 saturated carbocycles. The summed E-state index contributed by atoms with van der Waals surface area (Å²) in [7, 11) is 0. The Hall–Kier alpha value is -1.69. The van der Waals surface area contributed by atoms with Gasteiger partial charge in [-0.2, -0.15) is 0 Å². The molecule has 6 nitrogen and oxygen atoms in total. The van der Waals surface area contributed by atoms with Crippen LogP contribution in [0.25, 0.3) is 0 Å². The molecule has 1 saturated heterocycles. The zero-order chi connectivity index (χ0) is 14.9. The maximum atomic E-state index is 11.9. The van der Waals surface area contributed by atoms with E-state index in [2.05, 4.69) is 32.4 Å². The first kappa shape index (κ1) is 15.7. The lowest BCUT2D eigenvalue weighted by molar-refractivity contribution is 0.0946. The highest BCUT2D eigenvalue weighted by Crippen LogP contribution is 2.07. The second kappa shape index (κ2) is 8.56. The number of anilines is 1. The lowest BCUT2D eigenvalue weighted by Gasteiger charge is -2.14. The van der Waals surface area contributed by atoms with Gasteiger partial charge in [-0.3, -0.25) is 4.79 Å². The highest BCUT2D eigenvalue weighted by atomic mass is 16.1. The first-order valence-electron chi connectivity index (χ1n) is 7.86. The molecule has 1 aliphatic rings. The SMILES string of the molecule is CCCNc1cnc(C(=O)NCCCN2CCCC2)cn1. The number of nitrogens with one attached hydrogen (secondary N) is 2. The Morgan fingerprint density at radius 1 is 1.24 bits per heavy atom. The average molecular weight is 291 g/mol. The monoisotopic (exact) mass is 291 g/mol. The minimum absolute atomic E-state index is 0.147. The topological polar surface area (TPSA) is 70.2 Å². The molecule has 2 rings (SSSR count). The number of hydrogen-bond donors (Lipinski definition) is 2. The van der Waals surface area contributed by atoms with Gasteiger partial charge in [0.05, 0.1) is 12.4 Å². The number of carbonyl (C=O) groups excluding carboxylic acids is 1. The summed E-state index contributed by atoms with van der Waals surface area (Å²) in [5, 5.41) is 6.03. The zero-order valence-corrected chi connectivity index (χ0v) is 12.8. The Bertz CT molecular complexity index is 428. The van der Waals surface area contributed by atoms with E-state index in [4.69, 9.17) is 0 Å². The Labute approximate surface area is 126 Å². The summed E-state index contributed by atoms with van der Waals surface area (Å²) in [5.74, 6) is 0.563. The minimum Gasteiger partial charge on any atom is -0.369 e. The summed E-state index contributed by atoms with van der Waals surface area (Å²) in [4.78, 5) is 22.7. The molecule has 0 aliphatic carbocycles. The van der Waals surface area contributed by atoms with Crippen molar-refractivity contribution in [1.29, 1.82) is 0 Å². The largest absolute Gasteiger partial charge is 0.369 e. The molecule has 0 aromatic carbocycles. The molecule has 0 bridgehead atoms. The van der Waals surface area contributed by atoms with Crippen molar-refractivity contribution >= 4 is 11.7 Å². The van der Waals surface area contributed by atoms with Crippen LogP contribution in [0.15, 0.2) is 12.4 Å². The first-order chi connectivity index (χ1) is 10.3. The molecule has 0 radical (unpaired) electrons. The zero-order valence-electron chi connectivity index (χ0n) is 12.8. The molecule has 2 heterocycles. The molecule has 1 aromatic rings. The van der Waals surface area contributed by atoms with E-state index in [9.17, 15) is 4.79 Å². The second-order valence-corrected chi connectivity index (χ2v) is 5.37. The Morgan fingerprint density at radius 3 is 2.71 bits per heavy atom. The number of aromatic nitrogens is 2. The average Bonchev–Trinajstić information content (AvgIpc) is 3.03. The molecule has 0 atom stereocenters. The molecule has 1 aliphatic heterocycles. The summed E-state index contributed by atoms with van der Waals surface area (Å²) >= 11 is 0. The van der Waals surface area contributed by atoms with Gasteiger partial charge in [0.15, 0.2) is 0 Å². The molecule has 1 fully saturated rings. The molecule has 6 heteroatoms. The summed E-state index contributed by atoms with van der Waals surface area (Å²) < 4.78 is 0. The highest BCUT2D eigenvalue weighted by molar-refractivity contribution is 5.91. The van der Waals surface area contributed by atoms with Crippen molar-refractivity contribution in [2.75, 3.05) is 38.0 Å². The van der Waals surface area contributed by atoms with Gasteiger partial charge in [-0.15, -0.1) is 0 Å². The van der Waals surface area contributed by atoms with Crippen molar-refractivity contribution in [2.45, 2.75) is 32.6 Å². The first-order valence-corrected chi connectivity index (χ1v) is 7.86. The van der Waals surface area contributed by atoms with E-state index >= 15 is 0 Å². The van der Waals surface area contributed by atoms with Crippen LogP contribution in [0.3, 0.4) is 0 Å². The van der Waals surface area contributed by atoms with Crippen LogP contribution in [0.1, 0.15) is 43.1 Å². The van der Waals surface area contributed by atoms with Crippen LogP contribution in [-0.4, -0.2) is 53.5 Å². The van der Waals surface area contributed by atoms with E-state index in [1.165, 1.54) is 32.1 Å². The summed E-state index contributed by atoms with van der Waals surface area (Å²) in [5.41, 5.74) is 0.373. The van der Waals surface area contributed by atoms with E-state index in [1.807, 2.05) is 0 Å². The fraction of sp³-hybridized carbons (Fsp3) is 0.667. The van der Waals surface area contributed by atoms with Crippen molar-refractivity contribution in [1.82, 2.24) is 20.2 Å². The molecule has 0 unspecified atom stereocenters. The van der Waals surface area contributed by atoms with E-state index in [-0.39, 0.29) is 5.91 Å². The fourth-order valence-corrected chi connectivity index (χ4v) is 2.39. The normalized spacial score (nSPS) is 15.1. The predicted octanol–water partition coefficient (Wildman–Crippen LogP) is 1.51. The number of hydrogen-bond acceptors (Lipinski definition) is 5. The van der Waals surface area contributed by atoms with E-state index in [0.29, 0.717) is 18.1 Å². The van der Waals surface area contributed by atoms with Crippen LogP contribution in [0.5, 0.6) is 0 Å². The second-order valence-electron chi connectivity index (χ2n) is 5.37. The van der Waals surface area contributed by atoms with Gasteiger partial charge < -0.3 is 15.5 Å². The van der Waals surface area contributed by atoms with E-state index in [0.717, 1.165) is 25.9 Å². The fourth-order valence-electron chi connectivity index (χ4n) is 2.39. The predicted molar refractivity (Wildman–Crippen MR) is 83.4 cm³/mol. The maximum Gasteiger partial charge on any atom is 0.271 e. The number of carbonyl (C=O) groups is 1. The molecule has 1 amide bonds. The van der Waals surface area contributed by atoms with Crippen molar-refractivity contribution in [2.24, 2.45) is 0 Å². The van der Waals surface area contributed by atoms with Gasteiger partial charge in [0, 0.05) is 13.1 Å². The summed E-state index contributed by atoms with van der Waals surface area (Å²) in [6.07, 6.45) is 7.75. The molecular formula is C15H25N5O. The molecular weight excluding hydrogens is 266 g/mol.